The second-order valence-electron chi connectivity index (χ2n) is 4.12. The lowest BCUT2D eigenvalue weighted by molar-refractivity contribution is 0.479. The molecular weight excluding hydrogens is 258 g/mol. The zero-order valence-electron chi connectivity index (χ0n) is 9.98. The van der Waals surface area contributed by atoms with Gasteiger partial charge in [0.1, 0.15) is 5.75 Å². The molecule has 0 radical (unpaired) electrons. The van der Waals surface area contributed by atoms with E-state index in [0.29, 0.717) is 10.3 Å². The van der Waals surface area contributed by atoms with E-state index in [4.69, 9.17) is 0 Å². The molecule has 0 bridgehead atoms. The summed E-state index contributed by atoms with van der Waals surface area (Å²) in [6.07, 6.45) is 3.05. The van der Waals surface area contributed by atoms with Crippen LogP contribution in [0, 0.1) is 0 Å². The Labute approximate surface area is 113 Å². The normalized spacial score (nSPS) is 12.4. The zero-order chi connectivity index (χ0) is 13.2. The summed E-state index contributed by atoms with van der Waals surface area (Å²) in [5.74, 6) is 0.134. The lowest BCUT2D eigenvalue weighted by Gasteiger charge is -2.05. The van der Waals surface area contributed by atoms with Crippen LogP contribution < -0.4 is 0 Å². The third-order valence-corrected chi connectivity index (χ3v) is 4.26. The molecule has 0 aliphatic carbocycles. The van der Waals surface area contributed by atoms with Crippen molar-refractivity contribution in [3.63, 3.8) is 0 Å². The van der Waals surface area contributed by atoms with Crippen LogP contribution in [-0.4, -0.2) is 14.3 Å². The van der Waals surface area contributed by atoms with Crippen molar-refractivity contribution >= 4 is 21.6 Å². The van der Waals surface area contributed by atoms with E-state index >= 15 is 0 Å². The molecule has 0 saturated heterocycles. The summed E-state index contributed by atoms with van der Waals surface area (Å²) in [7, 11) is -1.22. The lowest BCUT2D eigenvalue weighted by Crippen LogP contribution is -1.92. The standard InChI is InChI=1S/C15H11NO2S/c17-15-10-16-9-11-8-13(6-7-14(11)15)19(18)12-4-2-1-3-5-12/h1-10,17H. The Morgan fingerprint density at radius 3 is 2.53 bits per heavy atom. The molecule has 0 fully saturated rings. The van der Waals surface area contributed by atoms with E-state index < -0.39 is 10.8 Å². The minimum absolute atomic E-state index is 0.134. The topological polar surface area (TPSA) is 50.2 Å². The van der Waals surface area contributed by atoms with Gasteiger partial charge in [-0.3, -0.25) is 4.98 Å². The largest absolute Gasteiger partial charge is 0.506 e. The number of pyridine rings is 1. The summed E-state index contributed by atoms with van der Waals surface area (Å²) in [5.41, 5.74) is 0. The van der Waals surface area contributed by atoms with Crippen molar-refractivity contribution in [2.75, 3.05) is 0 Å². The molecule has 19 heavy (non-hydrogen) atoms. The molecule has 0 amide bonds. The van der Waals surface area contributed by atoms with Gasteiger partial charge in [0.2, 0.25) is 0 Å². The monoisotopic (exact) mass is 269 g/mol. The van der Waals surface area contributed by atoms with Gasteiger partial charge in [-0.2, -0.15) is 0 Å². The van der Waals surface area contributed by atoms with Gasteiger partial charge in [0.15, 0.2) is 0 Å². The van der Waals surface area contributed by atoms with Gasteiger partial charge in [0.05, 0.1) is 17.0 Å². The second kappa shape index (κ2) is 4.82. The maximum absolute atomic E-state index is 12.4. The van der Waals surface area contributed by atoms with Crippen LogP contribution in [0.2, 0.25) is 0 Å². The van der Waals surface area contributed by atoms with E-state index in [0.717, 1.165) is 10.3 Å². The number of benzene rings is 2. The van der Waals surface area contributed by atoms with Gasteiger partial charge in [0.25, 0.3) is 0 Å². The molecule has 1 N–H and O–H groups in total. The number of hydrogen-bond acceptors (Lipinski definition) is 3. The second-order valence-corrected chi connectivity index (χ2v) is 5.60. The Morgan fingerprint density at radius 1 is 0.947 bits per heavy atom. The molecule has 0 aliphatic heterocycles. The van der Waals surface area contributed by atoms with Crippen LogP contribution in [0.4, 0.5) is 0 Å². The molecule has 4 heteroatoms. The number of rotatable bonds is 2. The molecule has 1 heterocycles. The first-order valence-electron chi connectivity index (χ1n) is 5.79. The Kier molecular flexibility index (Phi) is 3.01. The van der Waals surface area contributed by atoms with Crippen LogP contribution in [0.25, 0.3) is 10.8 Å². The highest BCUT2D eigenvalue weighted by Crippen LogP contribution is 2.26. The van der Waals surface area contributed by atoms with Crippen LogP contribution in [0.3, 0.4) is 0 Å². The number of aromatic nitrogens is 1. The van der Waals surface area contributed by atoms with Gasteiger partial charge >= 0.3 is 0 Å². The van der Waals surface area contributed by atoms with Gasteiger partial charge in [-0.25, -0.2) is 4.21 Å². The van der Waals surface area contributed by atoms with Crippen LogP contribution >= 0.6 is 0 Å². The van der Waals surface area contributed by atoms with Gasteiger partial charge in [0, 0.05) is 26.8 Å². The Morgan fingerprint density at radius 2 is 1.74 bits per heavy atom. The first-order valence-corrected chi connectivity index (χ1v) is 6.94. The van der Waals surface area contributed by atoms with Crippen molar-refractivity contribution in [2.24, 2.45) is 0 Å². The Hall–Kier alpha value is -2.20. The average molecular weight is 269 g/mol. The van der Waals surface area contributed by atoms with Crippen LogP contribution in [0.15, 0.2) is 70.7 Å². The SMILES string of the molecule is O=S(c1ccccc1)c1ccc2c(O)cncc2c1. The lowest BCUT2D eigenvalue weighted by atomic mass is 10.2. The number of nitrogens with zero attached hydrogens (tertiary/aromatic N) is 1. The van der Waals surface area contributed by atoms with E-state index in [9.17, 15) is 9.32 Å². The predicted molar refractivity (Wildman–Crippen MR) is 74.5 cm³/mol. The molecule has 1 aromatic heterocycles. The Bertz CT molecular complexity index is 756. The summed E-state index contributed by atoms with van der Waals surface area (Å²) in [5, 5.41) is 11.2. The molecule has 3 rings (SSSR count). The highest BCUT2D eigenvalue weighted by atomic mass is 32.2. The molecular formula is C15H11NO2S. The minimum Gasteiger partial charge on any atom is -0.506 e. The first-order chi connectivity index (χ1) is 9.25. The van der Waals surface area contributed by atoms with Crippen LogP contribution in [0.5, 0.6) is 5.75 Å². The van der Waals surface area contributed by atoms with E-state index in [-0.39, 0.29) is 5.75 Å². The zero-order valence-corrected chi connectivity index (χ0v) is 10.8. The summed E-state index contributed by atoms with van der Waals surface area (Å²) in [6, 6.07) is 14.6. The maximum Gasteiger partial charge on any atom is 0.141 e. The third-order valence-electron chi connectivity index (χ3n) is 2.88. The molecule has 1 unspecified atom stereocenters. The fraction of sp³-hybridized carbons (Fsp3) is 0. The molecule has 0 aliphatic rings. The van der Waals surface area contributed by atoms with E-state index in [1.165, 1.54) is 6.20 Å². The molecule has 0 saturated carbocycles. The number of fused-ring (bicyclic) bond motifs is 1. The van der Waals surface area contributed by atoms with Gasteiger partial charge in [-0.15, -0.1) is 0 Å². The van der Waals surface area contributed by atoms with E-state index in [1.807, 2.05) is 30.3 Å². The highest BCUT2D eigenvalue weighted by molar-refractivity contribution is 7.85. The Balaban J connectivity index is 2.09. The van der Waals surface area contributed by atoms with Gasteiger partial charge < -0.3 is 5.11 Å². The maximum atomic E-state index is 12.4. The number of hydrogen-bond donors (Lipinski definition) is 1. The fourth-order valence-corrected chi connectivity index (χ4v) is 3.04. The van der Waals surface area contributed by atoms with Crippen molar-refractivity contribution in [2.45, 2.75) is 9.79 Å². The molecule has 94 valence electrons. The highest BCUT2D eigenvalue weighted by Gasteiger charge is 2.08. The van der Waals surface area contributed by atoms with Crippen LogP contribution in [-0.2, 0) is 10.8 Å². The molecule has 0 spiro atoms. The summed E-state index contributed by atoms with van der Waals surface area (Å²) >= 11 is 0. The smallest absolute Gasteiger partial charge is 0.141 e. The first kappa shape index (κ1) is 11.9. The van der Waals surface area contributed by atoms with Gasteiger partial charge in [-0.05, 0) is 30.3 Å². The minimum atomic E-state index is -1.22. The summed E-state index contributed by atoms with van der Waals surface area (Å²) in [6.45, 7) is 0. The van der Waals surface area contributed by atoms with Crippen molar-refractivity contribution in [1.29, 1.82) is 0 Å². The van der Waals surface area contributed by atoms with Crippen molar-refractivity contribution in [3.05, 3.63) is 60.9 Å². The summed E-state index contributed by atoms with van der Waals surface area (Å²) in [4.78, 5) is 5.40. The molecule has 2 aromatic carbocycles. The van der Waals surface area contributed by atoms with Crippen LogP contribution in [0.1, 0.15) is 0 Å². The fourth-order valence-electron chi connectivity index (χ4n) is 1.93. The quantitative estimate of drug-likeness (QED) is 0.777. The van der Waals surface area contributed by atoms with Gasteiger partial charge in [-0.1, -0.05) is 18.2 Å². The summed E-state index contributed by atoms with van der Waals surface area (Å²) < 4.78 is 12.4. The predicted octanol–water partition coefficient (Wildman–Crippen LogP) is 3.11. The molecule has 3 nitrogen and oxygen atoms in total. The van der Waals surface area contributed by atoms with Crippen molar-refractivity contribution in [3.8, 4) is 5.75 Å². The number of aromatic hydroxyl groups is 1. The third kappa shape index (κ3) is 2.22. The molecule has 3 aromatic rings. The molecule has 1 atom stereocenters. The van der Waals surface area contributed by atoms with Crippen molar-refractivity contribution < 1.29 is 9.32 Å². The average Bonchev–Trinajstić information content (AvgIpc) is 2.47. The van der Waals surface area contributed by atoms with E-state index in [1.54, 1.807) is 24.4 Å². The van der Waals surface area contributed by atoms with E-state index in [2.05, 4.69) is 4.98 Å². The van der Waals surface area contributed by atoms with Crippen molar-refractivity contribution in [1.82, 2.24) is 4.98 Å².